The van der Waals surface area contributed by atoms with Gasteiger partial charge in [0.25, 0.3) is 5.56 Å². The smallest absolute Gasteiger partial charge is 0.255 e. The molecule has 0 unspecified atom stereocenters. The summed E-state index contributed by atoms with van der Waals surface area (Å²) in [5, 5.41) is 3.15. The molecule has 1 aromatic carbocycles. The summed E-state index contributed by atoms with van der Waals surface area (Å²) in [6, 6.07) is 5.68. The van der Waals surface area contributed by atoms with Crippen molar-refractivity contribution in [2.75, 3.05) is 24.4 Å². The maximum absolute atomic E-state index is 12.4. The Labute approximate surface area is 178 Å². The van der Waals surface area contributed by atoms with E-state index in [2.05, 4.69) is 25.3 Å². The Morgan fingerprint density at radius 1 is 1.24 bits per heavy atom. The molecule has 0 amide bonds. The van der Waals surface area contributed by atoms with Crippen LogP contribution >= 0.6 is 24.2 Å². The Balaban J connectivity index is 0.00000240. The van der Waals surface area contributed by atoms with Crippen LogP contribution in [-0.4, -0.2) is 39.0 Å². The molecule has 4 rings (SSSR count). The van der Waals surface area contributed by atoms with Crippen molar-refractivity contribution < 1.29 is 9.47 Å². The highest BCUT2D eigenvalue weighted by atomic mass is 35.5. The third kappa shape index (κ3) is 5.24. The SMILES string of the molecule is Cc1[nH]cnc1CSCCNc1ncc(Cc2ccc3c(c2)OCO3)c(=O)[nH]1.Cl. The Morgan fingerprint density at radius 2 is 2.10 bits per heavy atom. The van der Waals surface area contributed by atoms with Gasteiger partial charge in [-0.25, -0.2) is 9.97 Å². The van der Waals surface area contributed by atoms with Crippen LogP contribution in [0, 0.1) is 6.92 Å². The predicted molar refractivity (Wildman–Crippen MR) is 115 cm³/mol. The molecule has 0 saturated heterocycles. The standard InChI is InChI=1S/C19H21N5O3S.ClH/c1-12-15(23-10-22-12)9-28-5-4-20-19-21-8-14(18(25)24-19)6-13-2-3-16-17(7-13)27-11-26-16;/h2-3,7-8,10H,4-6,9,11H2,1H3,(H,22,23)(H2,20,21,24,25);1H. The maximum atomic E-state index is 12.4. The molecule has 3 heterocycles. The third-order valence-electron chi connectivity index (χ3n) is 4.42. The van der Waals surface area contributed by atoms with Gasteiger partial charge in [-0.3, -0.25) is 9.78 Å². The first kappa shape index (κ1) is 21.1. The number of nitrogens with zero attached hydrogens (tertiary/aromatic N) is 2. The summed E-state index contributed by atoms with van der Waals surface area (Å²) in [5.74, 6) is 3.67. The maximum Gasteiger partial charge on any atom is 0.255 e. The molecule has 1 aliphatic heterocycles. The summed E-state index contributed by atoms with van der Waals surface area (Å²) < 4.78 is 10.7. The molecule has 1 aliphatic rings. The number of rotatable bonds is 8. The van der Waals surface area contributed by atoms with Gasteiger partial charge in [-0.05, 0) is 24.6 Å². The average molecular weight is 436 g/mol. The van der Waals surface area contributed by atoms with Crippen molar-refractivity contribution >= 4 is 30.1 Å². The molecule has 3 N–H and O–H groups in total. The zero-order valence-electron chi connectivity index (χ0n) is 15.9. The van der Waals surface area contributed by atoms with Crippen LogP contribution in [0.2, 0.25) is 0 Å². The second kappa shape index (κ2) is 9.71. The molecule has 29 heavy (non-hydrogen) atoms. The van der Waals surface area contributed by atoms with E-state index < -0.39 is 0 Å². The zero-order valence-corrected chi connectivity index (χ0v) is 17.5. The van der Waals surface area contributed by atoms with E-state index in [0.717, 1.165) is 34.2 Å². The highest BCUT2D eigenvalue weighted by Gasteiger charge is 2.14. The molecule has 0 fully saturated rings. The summed E-state index contributed by atoms with van der Waals surface area (Å²) in [4.78, 5) is 26.8. The van der Waals surface area contributed by atoms with Crippen molar-refractivity contribution in [3.8, 4) is 11.5 Å². The Hall–Kier alpha value is -2.65. The summed E-state index contributed by atoms with van der Waals surface area (Å²) in [6.45, 7) is 2.96. The van der Waals surface area contributed by atoms with Crippen LogP contribution < -0.4 is 20.3 Å². The Bertz CT molecular complexity index is 1020. The van der Waals surface area contributed by atoms with Gasteiger partial charge in [0.2, 0.25) is 12.7 Å². The van der Waals surface area contributed by atoms with Gasteiger partial charge in [-0.1, -0.05) is 6.07 Å². The number of benzene rings is 1. The lowest BCUT2D eigenvalue weighted by Gasteiger charge is -2.07. The average Bonchev–Trinajstić information content (AvgIpc) is 3.32. The molecule has 0 bridgehead atoms. The van der Waals surface area contributed by atoms with Crippen molar-refractivity contribution in [2.45, 2.75) is 19.1 Å². The molecule has 0 radical (unpaired) electrons. The Morgan fingerprint density at radius 3 is 2.90 bits per heavy atom. The highest BCUT2D eigenvalue weighted by Crippen LogP contribution is 2.32. The first-order valence-corrected chi connectivity index (χ1v) is 10.1. The molecule has 2 aromatic heterocycles. The number of halogens is 1. The first-order chi connectivity index (χ1) is 13.7. The van der Waals surface area contributed by atoms with E-state index in [1.165, 1.54) is 0 Å². The van der Waals surface area contributed by atoms with Crippen LogP contribution in [0.25, 0.3) is 0 Å². The number of hydrogen-bond acceptors (Lipinski definition) is 7. The lowest BCUT2D eigenvalue weighted by Crippen LogP contribution is -2.18. The van der Waals surface area contributed by atoms with Crippen molar-refractivity contribution in [3.05, 3.63) is 63.6 Å². The van der Waals surface area contributed by atoms with Crippen LogP contribution in [0.15, 0.2) is 35.5 Å². The fourth-order valence-corrected chi connectivity index (χ4v) is 3.73. The van der Waals surface area contributed by atoms with Gasteiger partial charge in [0.15, 0.2) is 11.5 Å². The fourth-order valence-electron chi connectivity index (χ4n) is 2.85. The van der Waals surface area contributed by atoms with E-state index in [1.54, 1.807) is 24.3 Å². The second-order valence-electron chi connectivity index (χ2n) is 6.40. The quantitative estimate of drug-likeness (QED) is 0.467. The van der Waals surface area contributed by atoms with E-state index in [-0.39, 0.29) is 24.8 Å². The van der Waals surface area contributed by atoms with Crippen molar-refractivity contribution in [2.24, 2.45) is 0 Å². The van der Waals surface area contributed by atoms with Crippen LogP contribution in [0.5, 0.6) is 11.5 Å². The van der Waals surface area contributed by atoms with E-state index in [0.29, 0.717) is 30.2 Å². The topological polar surface area (TPSA) is 105 Å². The Kier molecular flexibility index (Phi) is 7.05. The van der Waals surface area contributed by atoms with Crippen molar-refractivity contribution in [1.29, 1.82) is 0 Å². The number of fused-ring (bicyclic) bond motifs is 1. The molecule has 0 saturated carbocycles. The van der Waals surface area contributed by atoms with E-state index >= 15 is 0 Å². The van der Waals surface area contributed by atoms with Gasteiger partial charge in [0.1, 0.15) is 0 Å². The normalized spacial score (nSPS) is 11.9. The molecular weight excluding hydrogens is 414 g/mol. The minimum absolute atomic E-state index is 0. The number of ether oxygens (including phenoxy) is 2. The van der Waals surface area contributed by atoms with Gasteiger partial charge in [-0.2, -0.15) is 11.8 Å². The minimum atomic E-state index is -0.144. The van der Waals surface area contributed by atoms with E-state index in [4.69, 9.17) is 9.47 Å². The molecule has 10 heteroatoms. The number of aromatic nitrogens is 4. The number of H-pyrrole nitrogens is 2. The number of aryl methyl sites for hydroxylation is 1. The monoisotopic (exact) mass is 435 g/mol. The predicted octanol–water partition coefficient (Wildman–Crippen LogP) is 2.89. The molecule has 0 atom stereocenters. The zero-order chi connectivity index (χ0) is 19.3. The lowest BCUT2D eigenvalue weighted by atomic mass is 10.1. The molecule has 154 valence electrons. The van der Waals surface area contributed by atoms with Crippen molar-refractivity contribution in [3.63, 3.8) is 0 Å². The van der Waals surface area contributed by atoms with E-state index in [9.17, 15) is 4.79 Å². The summed E-state index contributed by atoms with van der Waals surface area (Å²) >= 11 is 1.78. The third-order valence-corrected chi connectivity index (χ3v) is 5.39. The van der Waals surface area contributed by atoms with Gasteiger partial charge in [0.05, 0.1) is 12.0 Å². The van der Waals surface area contributed by atoms with E-state index in [1.807, 2.05) is 25.1 Å². The number of hydrogen-bond donors (Lipinski definition) is 3. The highest BCUT2D eigenvalue weighted by molar-refractivity contribution is 7.98. The lowest BCUT2D eigenvalue weighted by molar-refractivity contribution is 0.174. The summed E-state index contributed by atoms with van der Waals surface area (Å²) in [7, 11) is 0. The number of imidazole rings is 1. The van der Waals surface area contributed by atoms with Gasteiger partial charge < -0.3 is 19.8 Å². The first-order valence-electron chi connectivity index (χ1n) is 8.96. The van der Waals surface area contributed by atoms with Crippen LogP contribution in [0.4, 0.5) is 5.95 Å². The van der Waals surface area contributed by atoms with Gasteiger partial charge in [0, 0.05) is 41.9 Å². The number of thioether (sulfide) groups is 1. The molecule has 0 aliphatic carbocycles. The number of nitrogens with one attached hydrogen (secondary N) is 3. The van der Waals surface area contributed by atoms with Crippen LogP contribution in [0.3, 0.4) is 0 Å². The number of aromatic amines is 2. The minimum Gasteiger partial charge on any atom is -0.454 e. The largest absolute Gasteiger partial charge is 0.454 e. The number of anilines is 1. The molecule has 8 nitrogen and oxygen atoms in total. The van der Waals surface area contributed by atoms with Crippen molar-refractivity contribution in [1.82, 2.24) is 19.9 Å². The van der Waals surface area contributed by atoms with Gasteiger partial charge >= 0.3 is 0 Å². The molecular formula is C19H22ClN5O3S. The fraction of sp³-hybridized carbons (Fsp3) is 0.316. The summed E-state index contributed by atoms with van der Waals surface area (Å²) in [6.07, 6.45) is 3.81. The van der Waals surface area contributed by atoms with Gasteiger partial charge in [-0.15, -0.1) is 12.4 Å². The molecule has 3 aromatic rings. The molecule has 0 spiro atoms. The summed E-state index contributed by atoms with van der Waals surface area (Å²) in [5.41, 5.74) is 3.61. The van der Waals surface area contributed by atoms with Crippen LogP contribution in [0.1, 0.15) is 22.5 Å². The van der Waals surface area contributed by atoms with Crippen LogP contribution in [-0.2, 0) is 12.2 Å². The second-order valence-corrected chi connectivity index (χ2v) is 7.51.